The molecule has 4 rings (SSSR count). The van der Waals surface area contributed by atoms with Gasteiger partial charge in [0, 0.05) is 34.6 Å². The number of anilines is 1. The van der Waals surface area contributed by atoms with E-state index in [-0.39, 0.29) is 40.4 Å². The number of rotatable bonds is 11. The highest BCUT2D eigenvalue weighted by molar-refractivity contribution is 7.92. The zero-order valence-corrected chi connectivity index (χ0v) is 25.4. The predicted molar refractivity (Wildman–Crippen MR) is 164 cm³/mol. The number of nitrogens with two attached hydrogens (primary N) is 1. The van der Waals surface area contributed by atoms with Gasteiger partial charge in [-0.25, -0.2) is 8.42 Å². The van der Waals surface area contributed by atoms with Crippen molar-refractivity contribution in [3.05, 3.63) is 99.0 Å². The Morgan fingerprint density at radius 2 is 1.55 bits per heavy atom. The van der Waals surface area contributed by atoms with E-state index in [4.69, 9.17) is 28.9 Å². The molecule has 12 heteroatoms. The maximum absolute atomic E-state index is 13.1. The van der Waals surface area contributed by atoms with Crippen molar-refractivity contribution in [2.24, 2.45) is 17.6 Å². The van der Waals surface area contributed by atoms with Crippen molar-refractivity contribution in [1.29, 1.82) is 5.26 Å². The fourth-order valence-electron chi connectivity index (χ4n) is 5.03. The monoisotopic (exact) mass is 627 g/mol. The number of hydrogen-bond donors (Lipinski definition) is 3. The van der Waals surface area contributed by atoms with Crippen molar-refractivity contribution in [2.45, 2.75) is 25.9 Å². The third kappa shape index (κ3) is 7.81. The number of halogens is 2. The van der Waals surface area contributed by atoms with Crippen LogP contribution in [0.3, 0.4) is 0 Å². The van der Waals surface area contributed by atoms with E-state index in [0.29, 0.717) is 23.1 Å². The molecule has 0 aliphatic carbocycles. The van der Waals surface area contributed by atoms with Crippen molar-refractivity contribution >= 4 is 50.7 Å². The molecule has 1 fully saturated rings. The largest absolute Gasteiger partial charge is 0.368 e. The lowest BCUT2D eigenvalue weighted by molar-refractivity contribution is -0.120. The molecule has 0 radical (unpaired) electrons. The van der Waals surface area contributed by atoms with E-state index in [1.807, 2.05) is 54.6 Å². The summed E-state index contributed by atoms with van der Waals surface area (Å²) in [6.45, 7) is 4.53. The first-order valence-corrected chi connectivity index (χ1v) is 15.7. The van der Waals surface area contributed by atoms with Crippen LogP contribution in [0, 0.1) is 23.2 Å². The Morgan fingerprint density at radius 3 is 2.02 bits per heavy atom. The van der Waals surface area contributed by atoms with Gasteiger partial charge in [0.25, 0.3) is 5.91 Å². The van der Waals surface area contributed by atoms with Crippen molar-refractivity contribution in [2.75, 3.05) is 23.6 Å². The number of hydrogen-bond acceptors (Lipinski definition) is 6. The van der Waals surface area contributed by atoms with Gasteiger partial charge in [-0.2, -0.15) is 5.26 Å². The van der Waals surface area contributed by atoms with Crippen LogP contribution in [0.25, 0.3) is 0 Å². The minimum absolute atomic E-state index is 0.0299. The Kier molecular flexibility index (Phi) is 9.79. The van der Waals surface area contributed by atoms with Crippen LogP contribution in [0.2, 0.25) is 10.0 Å². The van der Waals surface area contributed by atoms with Crippen molar-refractivity contribution in [3.63, 3.8) is 0 Å². The fourth-order valence-corrected chi connectivity index (χ4v) is 6.68. The first-order valence-electron chi connectivity index (χ1n) is 13.3. The molecule has 1 saturated heterocycles. The lowest BCUT2D eigenvalue weighted by Crippen LogP contribution is -2.51. The number of nitriles is 1. The number of carbonyl (C=O) groups is 2. The number of primary amides is 1. The Labute approximate surface area is 255 Å². The molecule has 4 N–H and O–H groups in total. The van der Waals surface area contributed by atoms with Crippen molar-refractivity contribution in [3.8, 4) is 6.07 Å². The van der Waals surface area contributed by atoms with Gasteiger partial charge in [0.15, 0.2) is 0 Å². The number of likely N-dealkylation sites (tertiary alicyclic amines) is 1. The predicted octanol–water partition coefficient (Wildman–Crippen LogP) is 4.57. The van der Waals surface area contributed by atoms with Gasteiger partial charge < -0.3 is 11.1 Å². The molecule has 1 heterocycles. The molecule has 9 nitrogen and oxygen atoms in total. The lowest BCUT2D eigenvalue weighted by Gasteiger charge is -2.44. The van der Waals surface area contributed by atoms with Crippen molar-refractivity contribution < 1.29 is 18.0 Å². The normalized spacial score (nSPS) is 14.7. The Hall–Kier alpha value is -3.62. The van der Waals surface area contributed by atoms with E-state index in [2.05, 4.69) is 14.9 Å². The molecule has 0 bridgehead atoms. The average molecular weight is 629 g/mol. The number of nitrogens with zero attached hydrogens (tertiary/aromatic N) is 2. The first-order chi connectivity index (χ1) is 19.8. The van der Waals surface area contributed by atoms with Gasteiger partial charge >= 0.3 is 0 Å². The molecule has 1 atom stereocenters. The van der Waals surface area contributed by atoms with Crippen LogP contribution in [0.15, 0.2) is 66.7 Å². The topological polar surface area (TPSA) is 145 Å². The molecule has 3 aromatic rings. The van der Waals surface area contributed by atoms with Crippen molar-refractivity contribution in [1.82, 2.24) is 10.2 Å². The standard InChI is InChI=1S/C30H31Cl2N5O4S/c1-18(2)27(29(34)38)35-30(39)23-11-19(14-33)12-26(13-23)36-42(40,41)17-20-15-37(16-20)28(21-3-7-24(31)8-4-21)22-5-9-25(32)10-6-22/h3-13,18,20,27-28,36H,15-17H2,1-2H3,(H2,34,38)(H,35,39). The summed E-state index contributed by atoms with van der Waals surface area (Å²) in [5, 5.41) is 13.3. The molecule has 0 saturated carbocycles. The quantitative estimate of drug-likeness (QED) is 0.284. The summed E-state index contributed by atoms with van der Waals surface area (Å²) in [7, 11) is -3.83. The molecular formula is C30H31Cl2N5O4S. The van der Waals surface area contributed by atoms with Gasteiger partial charge in [-0.1, -0.05) is 61.3 Å². The average Bonchev–Trinajstić information content (AvgIpc) is 2.91. The number of amides is 2. The Balaban J connectivity index is 1.46. The molecule has 1 aliphatic rings. The molecule has 0 spiro atoms. The summed E-state index contributed by atoms with van der Waals surface area (Å²) < 4.78 is 28.8. The maximum atomic E-state index is 13.1. The Morgan fingerprint density at radius 1 is 1.00 bits per heavy atom. The minimum atomic E-state index is -3.83. The highest BCUT2D eigenvalue weighted by atomic mass is 35.5. The van der Waals surface area contributed by atoms with Gasteiger partial charge in [0.2, 0.25) is 15.9 Å². The summed E-state index contributed by atoms with van der Waals surface area (Å²) in [6.07, 6.45) is 0. The van der Waals surface area contributed by atoms with Crippen LogP contribution < -0.4 is 15.8 Å². The molecule has 2 amide bonds. The van der Waals surface area contributed by atoms with E-state index < -0.39 is 27.9 Å². The van der Waals surface area contributed by atoms with Gasteiger partial charge in [-0.15, -0.1) is 0 Å². The summed E-state index contributed by atoms with van der Waals surface area (Å²) >= 11 is 12.2. The highest BCUT2D eigenvalue weighted by Crippen LogP contribution is 2.36. The van der Waals surface area contributed by atoms with E-state index in [0.717, 1.165) is 11.1 Å². The van der Waals surface area contributed by atoms with E-state index in [1.54, 1.807) is 13.8 Å². The number of sulfonamides is 1. The summed E-state index contributed by atoms with van der Waals surface area (Å²) in [4.78, 5) is 26.7. The number of benzene rings is 3. The van der Waals surface area contributed by atoms with Gasteiger partial charge in [-0.3, -0.25) is 19.2 Å². The summed E-state index contributed by atoms with van der Waals surface area (Å²) in [6, 6.07) is 20.0. The molecule has 1 aliphatic heterocycles. The zero-order chi connectivity index (χ0) is 30.6. The second-order valence-corrected chi connectivity index (χ2v) is 13.4. The SMILES string of the molecule is CC(C)C(NC(=O)c1cc(C#N)cc(NS(=O)(=O)CC2CN(C(c3ccc(Cl)cc3)c3ccc(Cl)cc3)C2)c1)C(N)=O. The zero-order valence-electron chi connectivity index (χ0n) is 23.1. The van der Waals surface area contributed by atoms with Crippen LogP contribution >= 0.6 is 23.2 Å². The molecule has 0 aromatic heterocycles. The summed E-state index contributed by atoms with van der Waals surface area (Å²) in [5.41, 5.74) is 7.64. The minimum Gasteiger partial charge on any atom is -0.368 e. The summed E-state index contributed by atoms with van der Waals surface area (Å²) in [5.74, 6) is -1.89. The van der Waals surface area contributed by atoms with Crippen LogP contribution in [-0.2, 0) is 14.8 Å². The second kappa shape index (κ2) is 13.1. The van der Waals surface area contributed by atoms with Crippen LogP contribution in [0.4, 0.5) is 5.69 Å². The first kappa shape index (κ1) is 31.3. The number of nitrogens with one attached hydrogen (secondary N) is 2. The van der Waals surface area contributed by atoms with Crippen LogP contribution in [0.5, 0.6) is 0 Å². The fraction of sp³-hybridized carbons (Fsp3) is 0.300. The van der Waals surface area contributed by atoms with E-state index in [1.165, 1.54) is 18.2 Å². The van der Waals surface area contributed by atoms with Crippen LogP contribution in [-0.4, -0.2) is 50.0 Å². The van der Waals surface area contributed by atoms with E-state index >= 15 is 0 Å². The second-order valence-electron chi connectivity index (χ2n) is 10.7. The van der Waals surface area contributed by atoms with E-state index in [9.17, 15) is 23.3 Å². The lowest BCUT2D eigenvalue weighted by atomic mass is 9.91. The van der Waals surface area contributed by atoms with Gasteiger partial charge in [0.05, 0.1) is 29.1 Å². The molecule has 1 unspecified atom stereocenters. The molecule has 3 aromatic carbocycles. The molecule has 42 heavy (non-hydrogen) atoms. The maximum Gasteiger partial charge on any atom is 0.252 e. The van der Waals surface area contributed by atoms with Gasteiger partial charge in [0.1, 0.15) is 6.04 Å². The third-order valence-electron chi connectivity index (χ3n) is 7.03. The highest BCUT2D eigenvalue weighted by Gasteiger charge is 2.36. The smallest absolute Gasteiger partial charge is 0.252 e. The van der Waals surface area contributed by atoms with Crippen LogP contribution in [0.1, 0.15) is 46.9 Å². The third-order valence-corrected chi connectivity index (χ3v) is 9.00. The van der Waals surface area contributed by atoms with Gasteiger partial charge in [-0.05, 0) is 59.5 Å². The number of carbonyl (C=O) groups excluding carboxylic acids is 2. The Bertz CT molecular complexity index is 1550. The molecule has 220 valence electrons. The molecular weight excluding hydrogens is 597 g/mol.